The maximum absolute atomic E-state index is 12.8. The van der Waals surface area contributed by atoms with Crippen molar-refractivity contribution in [3.8, 4) is 0 Å². The average Bonchev–Trinajstić information content (AvgIpc) is 2.75. The molecule has 0 fully saturated rings. The van der Waals surface area contributed by atoms with Gasteiger partial charge in [0.15, 0.2) is 0 Å². The molecule has 1 amide bonds. The van der Waals surface area contributed by atoms with Crippen molar-refractivity contribution in [2.45, 2.75) is 6.54 Å². The molecule has 1 N–H and O–H groups in total. The molecule has 6 nitrogen and oxygen atoms in total. The topological polar surface area (TPSA) is 71.0 Å². The SMILES string of the molecule is CN(Cc1cccc2ncccc12)C(=O)c1cnc(Nc2ccccc2)nc1. The van der Waals surface area contributed by atoms with Crippen LogP contribution in [0.3, 0.4) is 0 Å². The summed E-state index contributed by atoms with van der Waals surface area (Å²) in [5, 5.41) is 4.15. The summed E-state index contributed by atoms with van der Waals surface area (Å²) < 4.78 is 0. The first-order chi connectivity index (χ1) is 13.7. The number of hydrogen-bond acceptors (Lipinski definition) is 5. The number of hydrogen-bond donors (Lipinski definition) is 1. The minimum Gasteiger partial charge on any atom is -0.337 e. The Hall–Kier alpha value is -3.80. The summed E-state index contributed by atoms with van der Waals surface area (Å²) in [4.78, 5) is 27.3. The fraction of sp³-hybridized carbons (Fsp3) is 0.0909. The summed E-state index contributed by atoms with van der Waals surface area (Å²) in [6.07, 6.45) is 4.85. The van der Waals surface area contributed by atoms with Gasteiger partial charge in [-0.15, -0.1) is 0 Å². The van der Waals surface area contributed by atoms with Crippen molar-refractivity contribution in [1.29, 1.82) is 0 Å². The molecule has 4 rings (SSSR count). The molecule has 0 unspecified atom stereocenters. The van der Waals surface area contributed by atoms with Crippen LogP contribution in [-0.2, 0) is 6.54 Å². The van der Waals surface area contributed by atoms with E-state index in [-0.39, 0.29) is 5.91 Å². The number of para-hydroxylation sites is 1. The van der Waals surface area contributed by atoms with E-state index in [2.05, 4.69) is 20.3 Å². The first-order valence-corrected chi connectivity index (χ1v) is 8.93. The summed E-state index contributed by atoms with van der Waals surface area (Å²) in [5.41, 5.74) is 3.30. The van der Waals surface area contributed by atoms with Crippen LogP contribution < -0.4 is 5.32 Å². The zero-order valence-corrected chi connectivity index (χ0v) is 15.4. The van der Waals surface area contributed by atoms with Gasteiger partial charge < -0.3 is 10.2 Å². The van der Waals surface area contributed by atoms with Crippen LogP contribution in [0.2, 0.25) is 0 Å². The third-order valence-electron chi connectivity index (χ3n) is 4.42. The van der Waals surface area contributed by atoms with Crippen LogP contribution in [-0.4, -0.2) is 32.8 Å². The van der Waals surface area contributed by atoms with Crippen LogP contribution in [0.1, 0.15) is 15.9 Å². The number of nitrogens with one attached hydrogen (secondary N) is 1. The maximum Gasteiger partial charge on any atom is 0.257 e. The molecule has 0 radical (unpaired) electrons. The highest BCUT2D eigenvalue weighted by atomic mass is 16.2. The lowest BCUT2D eigenvalue weighted by molar-refractivity contribution is 0.0785. The second-order valence-corrected chi connectivity index (χ2v) is 6.43. The van der Waals surface area contributed by atoms with Gasteiger partial charge in [-0.2, -0.15) is 0 Å². The van der Waals surface area contributed by atoms with Crippen LogP contribution in [0.15, 0.2) is 79.3 Å². The molecule has 0 saturated heterocycles. The molecule has 0 aliphatic rings. The van der Waals surface area contributed by atoms with Gasteiger partial charge in [-0.1, -0.05) is 36.4 Å². The number of aromatic nitrogens is 3. The van der Waals surface area contributed by atoms with Gasteiger partial charge in [-0.05, 0) is 29.8 Å². The average molecular weight is 369 g/mol. The molecule has 4 aromatic rings. The zero-order chi connectivity index (χ0) is 19.3. The number of pyridine rings is 1. The number of carbonyl (C=O) groups excluding carboxylic acids is 1. The number of fused-ring (bicyclic) bond motifs is 1. The molecule has 2 aromatic carbocycles. The molecular weight excluding hydrogens is 350 g/mol. The molecule has 0 bridgehead atoms. The maximum atomic E-state index is 12.8. The van der Waals surface area contributed by atoms with Crippen LogP contribution in [0, 0.1) is 0 Å². The summed E-state index contributed by atoms with van der Waals surface area (Å²) in [6, 6.07) is 19.5. The molecule has 0 atom stereocenters. The van der Waals surface area contributed by atoms with Crippen LogP contribution in [0.25, 0.3) is 10.9 Å². The second-order valence-electron chi connectivity index (χ2n) is 6.43. The molecule has 6 heteroatoms. The van der Waals surface area contributed by atoms with Crippen LogP contribution in [0.5, 0.6) is 0 Å². The highest BCUT2D eigenvalue weighted by Crippen LogP contribution is 2.19. The van der Waals surface area contributed by atoms with Gasteiger partial charge in [0.1, 0.15) is 0 Å². The van der Waals surface area contributed by atoms with Gasteiger partial charge in [-0.3, -0.25) is 9.78 Å². The van der Waals surface area contributed by atoms with Crippen LogP contribution >= 0.6 is 0 Å². The Bertz CT molecular complexity index is 1090. The predicted molar refractivity (Wildman–Crippen MR) is 109 cm³/mol. The quantitative estimate of drug-likeness (QED) is 0.575. The van der Waals surface area contributed by atoms with E-state index in [0.717, 1.165) is 22.2 Å². The standard InChI is InChI=1S/C22H19N5O/c1-27(15-16-7-5-11-20-19(16)10-6-12-23-20)21(28)17-13-24-22(25-14-17)26-18-8-3-2-4-9-18/h2-14H,15H2,1H3,(H,24,25,26). The Labute approximate surface area is 162 Å². The van der Waals surface area contributed by atoms with Gasteiger partial charge in [0, 0.05) is 43.3 Å². The van der Waals surface area contributed by atoms with E-state index in [4.69, 9.17) is 0 Å². The van der Waals surface area contributed by atoms with Crippen molar-refractivity contribution in [2.24, 2.45) is 0 Å². The minimum absolute atomic E-state index is 0.132. The first kappa shape index (κ1) is 17.6. The smallest absolute Gasteiger partial charge is 0.257 e. The Kier molecular flexibility index (Phi) is 4.93. The fourth-order valence-electron chi connectivity index (χ4n) is 3.01. The number of nitrogens with zero attached hydrogens (tertiary/aromatic N) is 4. The van der Waals surface area contributed by atoms with Gasteiger partial charge in [-0.25, -0.2) is 9.97 Å². The number of amides is 1. The zero-order valence-electron chi connectivity index (χ0n) is 15.4. The lowest BCUT2D eigenvalue weighted by atomic mass is 10.1. The summed E-state index contributed by atoms with van der Waals surface area (Å²) in [5.74, 6) is 0.317. The van der Waals surface area contributed by atoms with Crippen molar-refractivity contribution >= 4 is 28.4 Å². The van der Waals surface area contributed by atoms with Gasteiger partial charge >= 0.3 is 0 Å². The molecule has 2 heterocycles. The van der Waals surface area contributed by atoms with Gasteiger partial charge in [0.2, 0.25) is 5.95 Å². The van der Waals surface area contributed by atoms with Crippen molar-refractivity contribution in [3.63, 3.8) is 0 Å². The highest BCUT2D eigenvalue weighted by molar-refractivity contribution is 5.94. The monoisotopic (exact) mass is 369 g/mol. The molecule has 2 aromatic heterocycles. The third kappa shape index (κ3) is 3.81. The second kappa shape index (κ2) is 7.84. The largest absolute Gasteiger partial charge is 0.337 e. The molecular formula is C22H19N5O. The third-order valence-corrected chi connectivity index (χ3v) is 4.42. The van der Waals surface area contributed by atoms with Gasteiger partial charge in [0.25, 0.3) is 5.91 Å². The number of anilines is 2. The first-order valence-electron chi connectivity index (χ1n) is 8.93. The molecule has 0 spiro atoms. The van der Waals surface area contributed by atoms with Crippen molar-refractivity contribution in [1.82, 2.24) is 19.9 Å². The number of rotatable bonds is 5. The molecule has 0 aliphatic heterocycles. The molecule has 0 aliphatic carbocycles. The van der Waals surface area contributed by atoms with Crippen molar-refractivity contribution < 1.29 is 4.79 Å². The Morgan fingerprint density at radius 3 is 2.50 bits per heavy atom. The van der Waals surface area contributed by atoms with Gasteiger partial charge in [0.05, 0.1) is 11.1 Å². The lowest BCUT2D eigenvalue weighted by Gasteiger charge is -2.18. The molecule has 138 valence electrons. The van der Waals surface area contributed by atoms with E-state index < -0.39 is 0 Å². The minimum atomic E-state index is -0.132. The normalized spacial score (nSPS) is 10.6. The summed E-state index contributed by atoms with van der Waals surface area (Å²) in [7, 11) is 1.77. The lowest BCUT2D eigenvalue weighted by Crippen LogP contribution is -2.26. The van der Waals surface area contributed by atoms with Crippen molar-refractivity contribution in [3.05, 3.63) is 90.4 Å². The van der Waals surface area contributed by atoms with Crippen LogP contribution in [0.4, 0.5) is 11.6 Å². The Morgan fingerprint density at radius 2 is 1.71 bits per heavy atom. The Morgan fingerprint density at radius 1 is 0.929 bits per heavy atom. The number of benzene rings is 2. The Balaban J connectivity index is 1.47. The van der Waals surface area contributed by atoms with E-state index >= 15 is 0 Å². The molecule has 28 heavy (non-hydrogen) atoms. The highest BCUT2D eigenvalue weighted by Gasteiger charge is 2.14. The van der Waals surface area contributed by atoms with Crippen molar-refractivity contribution in [2.75, 3.05) is 12.4 Å². The predicted octanol–water partition coefficient (Wildman–Crippen LogP) is 4.04. The van der Waals surface area contributed by atoms with E-state index in [1.165, 1.54) is 0 Å². The van der Waals surface area contributed by atoms with E-state index in [1.54, 1.807) is 30.5 Å². The summed E-state index contributed by atoms with van der Waals surface area (Å²) >= 11 is 0. The van der Waals surface area contributed by atoms with E-state index in [0.29, 0.717) is 18.1 Å². The fourth-order valence-corrected chi connectivity index (χ4v) is 3.01. The van der Waals surface area contributed by atoms with E-state index in [1.807, 2.05) is 60.7 Å². The number of carbonyl (C=O) groups is 1. The van der Waals surface area contributed by atoms with E-state index in [9.17, 15) is 4.79 Å². The molecule has 0 saturated carbocycles. The summed E-state index contributed by atoms with van der Waals surface area (Å²) in [6.45, 7) is 0.478.